The third kappa shape index (κ3) is 6.34. The highest BCUT2D eigenvalue weighted by molar-refractivity contribution is 8.00. The molecule has 1 aromatic rings. The summed E-state index contributed by atoms with van der Waals surface area (Å²) < 4.78 is 0.0583. The molecule has 134 valence electrons. The van der Waals surface area contributed by atoms with Crippen molar-refractivity contribution in [2.24, 2.45) is 5.73 Å². The molecule has 0 aromatic heterocycles. The Bertz CT molecular complexity index is 545. The number of nitrogens with one attached hydrogen (secondary N) is 2. The van der Waals surface area contributed by atoms with Crippen LogP contribution in [0.3, 0.4) is 0 Å². The Morgan fingerprint density at radius 2 is 1.75 bits per heavy atom. The number of aryl methyl sites for hydroxylation is 1. The number of carbonyl (C=O) groups is 2. The average Bonchev–Trinajstić information content (AvgIpc) is 3.01. The van der Waals surface area contributed by atoms with Crippen LogP contribution in [0, 0.1) is 6.92 Å². The SMILES string of the molecule is Cc1ccc(SC2(CNC(=O)CNC(=O)CN)CCCC2)cc1.Cl. The maximum absolute atomic E-state index is 11.9. The van der Waals surface area contributed by atoms with Crippen molar-refractivity contribution in [1.29, 1.82) is 0 Å². The topological polar surface area (TPSA) is 84.2 Å². The lowest BCUT2D eigenvalue weighted by molar-refractivity contribution is -0.125. The van der Waals surface area contributed by atoms with Crippen LogP contribution in [0.25, 0.3) is 0 Å². The molecule has 0 unspecified atom stereocenters. The molecule has 0 aliphatic heterocycles. The van der Waals surface area contributed by atoms with Gasteiger partial charge < -0.3 is 16.4 Å². The molecule has 1 fully saturated rings. The predicted molar refractivity (Wildman–Crippen MR) is 101 cm³/mol. The van der Waals surface area contributed by atoms with Crippen LogP contribution in [0.4, 0.5) is 0 Å². The molecular weight excluding hydrogens is 346 g/mol. The molecule has 0 saturated heterocycles. The second-order valence-corrected chi connectivity index (χ2v) is 7.60. The van der Waals surface area contributed by atoms with Gasteiger partial charge in [-0.15, -0.1) is 24.2 Å². The first-order chi connectivity index (χ1) is 11.0. The predicted octanol–water partition coefficient (Wildman–Crippen LogP) is 2.01. The van der Waals surface area contributed by atoms with Crippen molar-refractivity contribution in [3.63, 3.8) is 0 Å². The van der Waals surface area contributed by atoms with Crippen molar-refractivity contribution < 1.29 is 9.59 Å². The number of hydrogen-bond acceptors (Lipinski definition) is 4. The van der Waals surface area contributed by atoms with Crippen molar-refractivity contribution in [3.8, 4) is 0 Å². The highest BCUT2D eigenvalue weighted by Gasteiger charge is 2.35. The highest BCUT2D eigenvalue weighted by atomic mass is 35.5. The van der Waals surface area contributed by atoms with Gasteiger partial charge in [-0.2, -0.15) is 0 Å². The van der Waals surface area contributed by atoms with Gasteiger partial charge in [-0.3, -0.25) is 9.59 Å². The summed E-state index contributed by atoms with van der Waals surface area (Å²) in [7, 11) is 0. The number of rotatable bonds is 7. The minimum absolute atomic E-state index is 0. The fraction of sp³-hybridized carbons (Fsp3) is 0.529. The van der Waals surface area contributed by atoms with E-state index in [1.54, 1.807) is 0 Å². The number of hydrogen-bond donors (Lipinski definition) is 3. The summed E-state index contributed by atoms with van der Waals surface area (Å²) in [4.78, 5) is 24.2. The molecule has 7 heteroatoms. The van der Waals surface area contributed by atoms with E-state index in [4.69, 9.17) is 5.73 Å². The second kappa shape index (κ2) is 9.91. The van der Waals surface area contributed by atoms with Gasteiger partial charge in [0, 0.05) is 16.2 Å². The smallest absolute Gasteiger partial charge is 0.239 e. The maximum atomic E-state index is 11.9. The Balaban J connectivity index is 0.00000288. The summed E-state index contributed by atoms with van der Waals surface area (Å²) in [6.45, 7) is 2.60. The Hall–Kier alpha value is -1.24. The van der Waals surface area contributed by atoms with Crippen LogP contribution < -0.4 is 16.4 Å². The molecule has 0 spiro atoms. The van der Waals surface area contributed by atoms with Crippen molar-refractivity contribution in [2.75, 3.05) is 19.6 Å². The molecule has 0 heterocycles. The van der Waals surface area contributed by atoms with Gasteiger partial charge in [0.25, 0.3) is 0 Å². The quantitative estimate of drug-likeness (QED) is 0.684. The first-order valence-electron chi connectivity index (χ1n) is 8.02. The number of carbonyl (C=O) groups excluding carboxylic acids is 2. The monoisotopic (exact) mass is 371 g/mol. The summed E-state index contributed by atoms with van der Waals surface area (Å²) in [5, 5.41) is 5.45. The van der Waals surface area contributed by atoms with Crippen LogP contribution in [-0.4, -0.2) is 36.2 Å². The Morgan fingerprint density at radius 1 is 1.12 bits per heavy atom. The number of halogens is 1. The molecule has 1 aliphatic rings. The molecule has 4 N–H and O–H groups in total. The number of nitrogens with two attached hydrogens (primary N) is 1. The van der Waals surface area contributed by atoms with E-state index in [1.165, 1.54) is 23.3 Å². The van der Waals surface area contributed by atoms with E-state index in [0.717, 1.165) is 12.8 Å². The molecule has 0 atom stereocenters. The van der Waals surface area contributed by atoms with Crippen LogP contribution in [-0.2, 0) is 9.59 Å². The lowest BCUT2D eigenvalue weighted by atomic mass is 10.1. The van der Waals surface area contributed by atoms with Gasteiger partial charge in [0.1, 0.15) is 0 Å². The van der Waals surface area contributed by atoms with E-state index in [1.807, 2.05) is 11.8 Å². The summed E-state index contributed by atoms with van der Waals surface area (Å²) in [5.74, 6) is -0.479. The molecule has 5 nitrogen and oxygen atoms in total. The van der Waals surface area contributed by atoms with Crippen molar-refractivity contribution in [1.82, 2.24) is 10.6 Å². The molecule has 0 radical (unpaired) electrons. The second-order valence-electron chi connectivity index (χ2n) is 6.06. The molecule has 1 saturated carbocycles. The fourth-order valence-electron chi connectivity index (χ4n) is 2.76. The molecule has 24 heavy (non-hydrogen) atoms. The summed E-state index contributed by atoms with van der Waals surface area (Å²) >= 11 is 1.86. The first kappa shape index (κ1) is 20.8. The fourth-order valence-corrected chi connectivity index (χ4v) is 4.17. The number of amides is 2. The average molecular weight is 372 g/mol. The summed E-state index contributed by atoms with van der Waals surface area (Å²) in [5.41, 5.74) is 6.45. The minimum atomic E-state index is -0.315. The van der Waals surface area contributed by atoms with Crippen molar-refractivity contribution >= 4 is 36.0 Å². The van der Waals surface area contributed by atoms with Crippen molar-refractivity contribution in [2.45, 2.75) is 42.2 Å². The lowest BCUT2D eigenvalue weighted by Crippen LogP contribution is -2.44. The third-order valence-electron chi connectivity index (χ3n) is 4.11. The minimum Gasteiger partial charge on any atom is -0.353 e. The van der Waals surface area contributed by atoms with Crippen molar-refractivity contribution in [3.05, 3.63) is 29.8 Å². The lowest BCUT2D eigenvalue weighted by Gasteiger charge is -2.28. The van der Waals surface area contributed by atoms with Gasteiger partial charge in [0.05, 0.1) is 13.1 Å². The van der Waals surface area contributed by atoms with Gasteiger partial charge >= 0.3 is 0 Å². The van der Waals surface area contributed by atoms with Crippen LogP contribution >= 0.6 is 24.2 Å². The molecular formula is C17H26ClN3O2S. The first-order valence-corrected chi connectivity index (χ1v) is 8.84. The van der Waals surface area contributed by atoms with Crippen LogP contribution in [0.2, 0.25) is 0 Å². The summed E-state index contributed by atoms with van der Waals surface area (Å²) in [6, 6.07) is 8.52. The standard InChI is InChI=1S/C17H25N3O2S.ClH/c1-13-4-6-14(7-5-13)23-17(8-2-3-9-17)12-20-16(22)11-19-15(21)10-18;/h4-7H,2-3,8-12,18H2,1H3,(H,19,21)(H,20,22);1H. The van der Waals surface area contributed by atoms with E-state index in [2.05, 4.69) is 41.8 Å². The van der Waals surface area contributed by atoms with E-state index >= 15 is 0 Å². The number of benzene rings is 1. The molecule has 0 bridgehead atoms. The van der Waals surface area contributed by atoms with Gasteiger partial charge in [0.2, 0.25) is 11.8 Å². The van der Waals surface area contributed by atoms with E-state index in [0.29, 0.717) is 6.54 Å². The molecule has 1 aliphatic carbocycles. The van der Waals surface area contributed by atoms with Gasteiger partial charge in [-0.25, -0.2) is 0 Å². The van der Waals surface area contributed by atoms with Crippen LogP contribution in [0.1, 0.15) is 31.2 Å². The summed E-state index contributed by atoms with van der Waals surface area (Å²) in [6.07, 6.45) is 4.58. The number of thioether (sulfide) groups is 1. The largest absolute Gasteiger partial charge is 0.353 e. The zero-order valence-electron chi connectivity index (χ0n) is 14.0. The van der Waals surface area contributed by atoms with Crippen LogP contribution in [0.5, 0.6) is 0 Å². The highest BCUT2D eigenvalue weighted by Crippen LogP contribution is 2.44. The zero-order chi connectivity index (χ0) is 16.7. The third-order valence-corrected chi connectivity index (χ3v) is 5.60. The molecule has 1 aromatic carbocycles. The zero-order valence-corrected chi connectivity index (χ0v) is 15.6. The van der Waals surface area contributed by atoms with E-state index in [-0.39, 0.29) is 42.1 Å². The van der Waals surface area contributed by atoms with E-state index < -0.39 is 0 Å². The molecule has 2 amide bonds. The molecule has 2 rings (SSSR count). The Morgan fingerprint density at radius 3 is 2.33 bits per heavy atom. The van der Waals surface area contributed by atoms with Gasteiger partial charge in [0.15, 0.2) is 0 Å². The Kier molecular flexibility index (Phi) is 8.59. The normalized spacial score (nSPS) is 15.4. The van der Waals surface area contributed by atoms with Gasteiger partial charge in [-0.1, -0.05) is 30.5 Å². The Labute approximate surface area is 153 Å². The maximum Gasteiger partial charge on any atom is 0.239 e. The van der Waals surface area contributed by atoms with E-state index in [9.17, 15) is 9.59 Å². The van der Waals surface area contributed by atoms with Gasteiger partial charge in [-0.05, 0) is 31.9 Å². The van der Waals surface area contributed by atoms with Crippen LogP contribution in [0.15, 0.2) is 29.2 Å².